The van der Waals surface area contributed by atoms with Crippen LogP contribution in [0.1, 0.15) is 33.1 Å². The van der Waals surface area contributed by atoms with E-state index in [1.54, 1.807) is 6.92 Å². The number of carboxylic acid groups (broad SMARTS) is 1. The molecule has 0 bridgehead atoms. The van der Waals surface area contributed by atoms with E-state index >= 15 is 0 Å². The Morgan fingerprint density at radius 2 is 2.06 bits per heavy atom. The van der Waals surface area contributed by atoms with Crippen LogP contribution in [-0.4, -0.2) is 39.8 Å². The molecule has 1 aromatic heterocycles. The van der Waals surface area contributed by atoms with E-state index in [1.165, 1.54) is 13.0 Å². The van der Waals surface area contributed by atoms with E-state index in [0.29, 0.717) is 10.4 Å². The number of amides is 1. The average Bonchev–Trinajstić information content (AvgIpc) is 2.67. The van der Waals surface area contributed by atoms with E-state index in [2.05, 4.69) is 5.32 Å². The molecule has 2 atom stereocenters. The molecule has 2 unspecified atom stereocenters. The number of thiophene rings is 1. The van der Waals surface area contributed by atoms with Crippen molar-refractivity contribution in [1.82, 2.24) is 5.32 Å². The number of carbonyl (C=O) groups is 2. The summed E-state index contributed by atoms with van der Waals surface area (Å²) in [6.07, 6.45) is -2.39. The quantitative estimate of drug-likeness (QED) is 0.616. The molecule has 18 heavy (non-hydrogen) atoms. The van der Waals surface area contributed by atoms with Crippen LogP contribution in [0.4, 0.5) is 0 Å². The van der Waals surface area contributed by atoms with Gasteiger partial charge in [-0.05, 0) is 18.6 Å². The largest absolute Gasteiger partial charge is 0.477 e. The summed E-state index contributed by atoms with van der Waals surface area (Å²) in [5, 5.41) is 30.8. The molecule has 100 valence electrons. The van der Waals surface area contributed by atoms with Gasteiger partial charge in [-0.25, -0.2) is 4.79 Å². The fraction of sp³-hybridized carbons (Fsp3) is 0.455. The summed E-state index contributed by atoms with van der Waals surface area (Å²) in [7, 11) is 0. The van der Waals surface area contributed by atoms with E-state index in [1.807, 2.05) is 0 Å². The van der Waals surface area contributed by atoms with Crippen molar-refractivity contribution in [2.24, 2.45) is 0 Å². The maximum absolute atomic E-state index is 10.8. The zero-order valence-electron chi connectivity index (χ0n) is 10.0. The number of rotatable bonds is 5. The normalized spacial score (nSPS) is 14.0. The highest BCUT2D eigenvalue weighted by molar-refractivity contribution is 7.14. The molecule has 1 rings (SSSR count). The van der Waals surface area contributed by atoms with Crippen molar-refractivity contribution in [3.63, 3.8) is 0 Å². The first-order valence-electron chi connectivity index (χ1n) is 5.27. The fourth-order valence-electron chi connectivity index (χ4n) is 1.43. The molecule has 0 saturated heterocycles. The van der Waals surface area contributed by atoms with Crippen LogP contribution in [0.2, 0.25) is 0 Å². The molecule has 1 amide bonds. The number of carbonyl (C=O) groups excluding carboxylic acids is 1. The summed E-state index contributed by atoms with van der Waals surface area (Å²) in [6, 6.07) is 1.44. The maximum atomic E-state index is 10.8. The summed E-state index contributed by atoms with van der Waals surface area (Å²) < 4.78 is 0. The third kappa shape index (κ3) is 3.52. The molecule has 0 saturated carbocycles. The highest BCUT2D eigenvalue weighted by atomic mass is 32.1. The van der Waals surface area contributed by atoms with Crippen molar-refractivity contribution < 1.29 is 24.9 Å². The van der Waals surface area contributed by atoms with Gasteiger partial charge in [-0.15, -0.1) is 11.3 Å². The monoisotopic (exact) mass is 273 g/mol. The first-order valence-corrected chi connectivity index (χ1v) is 6.08. The van der Waals surface area contributed by atoms with Crippen LogP contribution in [0, 0.1) is 6.92 Å². The Kier molecular flexibility index (Phi) is 4.83. The van der Waals surface area contributed by atoms with Gasteiger partial charge in [0.2, 0.25) is 5.91 Å². The zero-order chi connectivity index (χ0) is 13.9. The lowest BCUT2D eigenvalue weighted by Gasteiger charge is -2.17. The maximum Gasteiger partial charge on any atom is 0.345 e. The van der Waals surface area contributed by atoms with Crippen LogP contribution in [0.15, 0.2) is 6.07 Å². The second-order valence-electron chi connectivity index (χ2n) is 3.91. The molecule has 0 aliphatic heterocycles. The summed E-state index contributed by atoms with van der Waals surface area (Å²) in [5.41, 5.74) is 0.603. The molecular formula is C11H15NO5S. The third-order valence-corrected chi connectivity index (χ3v) is 3.66. The molecule has 0 radical (unpaired) electrons. The minimum absolute atomic E-state index is 0.0871. The van der Waals surface area contributed by atoms with Gasteiger partial charge in [0.25, 0.3) is 0 Å². The predicted molar refractivity (Wildman–Crippen MR) is 65.7 cm³/mol. The minimum Gasteiger partial charge on any atom is -0.477 e. The number of nitrogens with one attached hydrogen (secondary N) is 1. The molecule has 0 aromatic carbocycles. The van der Waals surface area contributed by atoms with Gasteiger partial charge in [0.1, 0.15) is 17.1 Å². The molecule has 0 spiro atoms. The molecule has 4 N–H and O–H groups in total. The third-order valence-electron chi connectivity index (χ3n) is 2.36. The molecule has 1 heterocycles. The Balaban J connectivity index is 2.79. The van der Waals surface area contributed by atoms with Crippen LogP contribution >= 0.6 is 11.3 Å². The number of aryl methyl sites for hydroxylation is 1. The number of aliphatic hydroxyl groups is 2. The van der Waals surface area contributed by atoms with Gasteiger partial charge < -0.3 is 20.6 Å². The Morgan fingerprint density at radius 3 is 2.50 bits per heavy atom. The Hall–Kier alpha value is -1.44. The standard InChI is InChI=1S/C11H15NO5S/c1-5-3-8(11(16)17)18-10(5)9(15)7(14)4-12-6(2)13/h3,7,9,14-15H,4H2,1-2H3,(H,12,13)(H,16,17). The smallest absolute Gasteiger partial charge is 0.345 e. The Bertz CT molecular complexity index is 456. The van der Waals surface area contributed by atoms with E-state index in [0.717, 1.165) is 11.3 Å². The van der Waals surface area contributed by atoms with Crippen molar-refractivity contribution in [2.45, 2.75) is 26.1 Å². The predicted octanol–water partition coefficient (Wildman–Crippen LogP) is 0.285. The van der Waals surface area contributed by atoms with E-state index < -0.39 is 18.2 Å². The second-order valence-corrected chi connectivity index (χ2v) is 5.00. The SMILES string of the molecule is CC(=O)NCC(O)C(O)c1sc(C(=O)O)cc1C. The van der Waals surface area contributed by atoms with E-state index in [-0.39, 0.29) is 17.3 Å². The van der Waals surface area contributed by atoms with Gasteiger partial charge in [0.05, 0.1) is 0 Å². The van der Waals surface area contributed by atoms with Crippen LogP contribution in [0.5, 0.6) is 0 Å². The number of aliphatic hydroxyl groups excluding tert-OH is 2. The van der Waals surface area contributed by atoms with Gasteiger partial charge in [-0.2, -0.15) is 0 Å². The molecule has 6 nitrogen and oxygen atoms in total. The summed E-state index contributed by atoms with van der Waals surface area (Å²) in [6.45, 7) is 2.88. The number of carboxylic acids is 1. The van der Waals surface area contributed by atoms with Gasteiger partial charge in [-0.3, -0.25) is 4.79 Å². The number of hydrogen-bond acceptors (Lipinski definition) is 5. The zero-order valence-corrected chi connectivity index (χ0v) is 10.8. The number of aromatic carboxylic acids is 1. The molecule has 0 aliphatic rings. The molecule has 1 aromatic rings. The lowest BCUT2D eigenvalue weighted by Crippen LogP contribution is -2.34. The lowest BCUT2D eigenvalue weighted by atomic mass is 10.1. The summed E-state index contributed by atoms with van der Waals surface area (Å²) in [5.74, 6) is -1.38. The van der Waals surface area contributed by atoms with Gasteiger partial charge >= 0.3 is 5.97 Å². The number of hydrogen-bond donors (Lipinski definition) is 4. The van der Waals surface area contributed by atoms with Crippen LogP contribution in [0.25, 0.3) is 0 Å². The van der Waals surface area contributed by atoms with Gasteiger partial charge in [-0.1, -0.05) is 0 Å². The first kappa shape index (κ1) is 14.6. The van der Waals surface area contributed by atoms with Crippen LogP contribution < -0.4 is 5.32 Å². The highest BCUT2D eigenvalue weighted by Gasteiger charge is 2.23. The van der Waals surface area contributed by atoms with E-state index in [9.17, 15) is 19.8 Å². The average molecular weight is 273 g/mol. The molecule has 7 heteroatoms. The fourth-order valence-corrected chi connectivity index (χ4v) is 2.49. The van der Waals surface area contributed by atoms with E-state index in [4.69, 9.17) is 5.11 Å². The van der Waals surface area contributed by atoms with Gasteiger partial charge in [0.15, 0.2) is 0 Å². The van der Waals surface area contributed by atoms with Crippen molar-refractivity contribution in [1.29, 1.82) is 0 Å². The molecule has 0 aliphatic carbocycles. The van der Waals surface area contributed by atoms with Crippen molar-refractivity contribution in [3.8, 4) is 0 Å². The molecule has 0 fully saturated rings. The Labute approximate surface area is 108 Å². The van der Waals surface area contributed by atoms with Crippen molar-refractivity contribution in [3.05, 3.63) is 21.4 Å². The second kappa shape index (κ2) is 5.94. The highest BCUT2D eigenvalue weighted by Crippen LogP contribution is 2.29. The van der Waals surface area contributed by atoms with Crippen LogP contribution in [-0.2, 0) is 4.79 Å². The van der Waals surface area contributed by atoms with Crippen LogP contribution in [0.3, 0.4) is 0 Å². The van der Waals surface area contributed by atoms with Crippen molar-refractivity contribution >= 4 is 23.2 Å². The topological polar surface area (TPSA) is 107 Å². The first-order chi connectivity index (χ1) is 8.32. The Morgan fingerprint density at radius 1 is 1.44 bits per heavy atom. The lowest BCUT2D eigenvalue weighted by molar-refractivity contribution is -0.119. The minimum atomic E-state index is -1.21. The summed E-state index contributed by atoms with van der Waals surface area (Å²) in [4.78, 5) is 22.0. The molecular weight excluding hydrogens is 258 g/mol. The summed E-state index contributed by atoms with van der Waals surface area (Å²) >= 11 is 0.916. The van der Waals surface area contributed by atoms with Crippen molar-refractivity contribution in [2.75, 3.05) is 6.54 Å². The van der Waals surface area contributed by atoms with Gasteiger partial charge in [0, 0.05) is 18.3 Å².